The van der Waals surface area contributed by atoms with Crippen LogP contribution in [0.5, 0.6) is 11.5 Å². The van der Waals surface area contributed by atoms with Crippen LogP contribution in [0, 0.1) is 30.0 Å². The molecule has 1 amide bonds. The molecule has 0 bridgehead atoms. The van der Waals surface area contributed by atoms with E-state index in [2.05, 4.69) is 0 Å². The lowest BCUT2D eigenvalue weighted by Gasteiger charge is -2.14. The lowest BCUT2D eigenvalue weighted by molar-refractivity contribution is 0.0866. The smallest absolute Gasteiger partial charge is 0.269 e. The van der Waals surface area contributed by atoms with Gasteiger partial charge in [0.1, 0.15) is 22.2 Å². The first-order chi connectivity index (χ1) is 12.8. The first-order valence-corrected chi connectivity index (χ1v) is 9.84. The topological polar surface area (TPSA) is 87.5 Å². The lowest BCUT2D eigenvalue weighted by atomic mass is 10.1. The van der Waals surface area contributed by atoms with Crippen LogP contribution in [-0.4, -0.2) is 25.2 Å². The molecule has 2 aliphatic rings. The maximum Gasteiger partial charge on any atom is 0.269 e. The monoisotopic (exact) mass is 386 g/mol. The largest absolute Gasteiger partial charge is 0.457 e. The second-order valence-corrected chi connectivity index (χ2v) is 8.57. The fourth-order valence-corrected chi connectivity index (χ4v) is 4.83. The Morgan fingerprint density at radius 3 is 2.70 bits per heavy atom. The molecule has 1 fully saturated rings. The number of hydrogen-bond acceptors (Lipinski definition) is 5. The Morgan fingerprint density at radius 2 is 2.04 bits per heavy atom. The van der Waals surface area contributed by atoms with Gasteiger partial charge in [0.05, 0.1) is 17.2 Å². The summed E-state index contributed by atoms with van der Waals surface area (Å²) in [6.45, 7) is 1.79. The van der Waals surface area contributed by atoms with E-state index in [1.54, 1.807) is 6.92 Å². The highest BCUT2D eigenvalue weighted by Crippen LogP contribution is 2.40. The van der Waals surface area contributed by atoms with E-state index in [1.165, 1.54) is 18.2 Å². The summed E-state index contributed by atoms with van der Waals surface area (Å²) in [5, 5.41) is 8.94. The molecule has 1 saturated carbocycles. The highest BCUT2D eigenvalue weighted by atomic mass is 32.2. The molecule has 0 saturated heterocycles. The molecule has 0 N–H and O–H groups in total. The average molecular weight is 386 g/mol. The van der Waals surface area contributed by atoms with Crippen LogP contribution >= 0.6 is 0 Å². The van der Waals surface area contributed by atoms with Crippen molar-refractivity contribution in [2.45, 2.75) is 24.7 Å². The number of fused-ring (bicyclic) bond motifs is 1. The van der Waals surface area contributed by atoms with Crippen molar-refractivity contribution in [1.29, 1.82) is 5.26 Å². The number of ether oxygens (including phenoxy) is 1. The predicted octanol–water partition coefficient (Wildman–Crippen LogP) is 3.35. The second-order valence-electron chi connectivity index (χ2n) is 6.74. The molecule has 1 aliphatic heterocycles. The lowest BCUT2D eigenvalue weighted by Crippen LogP contribution is -2.32. The zero-order valence-corrected chi connectivity index (χ0v) is 15.2. The number of halogens is 1. The van der Waals surface area contributed by atoms with Crippen molar-refractivity contribution in [1.82, 2.24) is 4.31 Å². The van der Waals surface area contributed by atoms with Crippen LogP contribution in [0.3, 0.4) is 0 Å². The van der Waals surface area contributed by atoms with E-state index in [-0.39, 0.29) is 40.0 Å². The van der Waals surface area contributed by atoms with E-state index >= 15 is 0 Å². The van der Waals surface area contributed by atoms with Crippen LogP contribution in [-0.2, 0) is 10.0 Å². The number of rotatable bonds is 4. The Labute approximate surface area is 155 Å². The first-order valence-electron chi connectivity index (χ1n) is 8.40. The molecule has 0 unspecified atom stereocenters. The van der Waals surface area contributed by atoms with E-state index in [0.717, 1.165) is 29.3 Å². The number of benzene rings is 2. The normalized spacial score (nSPS) is 17.5. The van der Waals surface area contributed by atoms with Gasteiger partial charge in [-0.25, -0.2) is 17.1 Å². The van der Waals surface area contributed by atoms with Gasteiger partial charge in [-0.1, -0.05) is 0 Å². The van der Waals surface area contributed by atoms with Crippen LogP contribution in [0.1, 0.15) is 34.3 Å². The summed E-state index contributed by atoms with van der Waals surface area (Å²) < 4.78 is 45.6. The summed E-state index contributed by atoms with van der Waals surface area (Å²) in [4.78, 5) is 12.7. The van der Waals surface area contributed by atoms with Gasteiger partial charge >= 0.3 is 0 Å². The van der Waals surface area contributed by atoms with Crippen LogP contribution in [0.4, 0.5) is 4.39 Å². The Kier molecular flexibility index (Phi) is 3.93. The Bertz CT molecular complexity index is 1120. The molecule has 4 rings (SSSR count). The molecular formula is C19H15FN2O4S. The van der Waals surface area contributed by atoms with Gasteiger partial charge in [0, 0.05) is 18.2 Å². The molecule has 0 radical (unpaired) electrons. The minimum absolute atomic E-state index is 0.0324. The number of amides is 1. The molecule has 138 valence electrons. The summed E-state index contributed by atoms with van der Waals surface area (Å²) in [5.41, 5.74) is 0.547. The maximum atomic E-state index is 13.6. The maximum absolute atomic E-state index is 13.6. The molecule has 27 heavy (non-hydrogen) atoms. The van der Waals surface area contributed by atoms with Gasteiger partial charge in [0.15, 0.2) is 0 Å². The van der Waals surface area contributed by atoms with Gasteiger partial charge in [0.25, 0.3) is 15.9 Å². The quantitative estimate of drug-likeness (QED) is 0.804. The summed E-state index contributed by atoms with van der Waals surface area (Å²) in [5.74, 6) is -0.627. The molecule has 2 aromatic carbocycles. The Morgan fingerprint density at radius 1 is 1.30 bits per heavy atom. The van der Waals surface area contributed by atoms with Gasteiger partial charge in [-0.3, -0.25) is 4.79 Å². The minimum Gasteiger partial charge on any atom is -0.457 e. The third-order valence-electron chi connectivity index (χ3n) is 4.73. The molecule has 0 aromatic heterocycles. The number of carbonyl (C=O) groups is 1. The number of nitriles is 1. The summed E-state index contributed by atoms with van der Waals surface area (Å²) in [6, 6.07) is 8.18. The number of carbonyl (C=O) groups excluding carboxylic acids is 1. The Balaban J connectivity index is 1.73. The van der Waals surface area contributed by atoms with Crippen molar-refractivity contribution in [3.05, 3.63) is 52.8 Å². The van der Waals surface area contributed by atoms with Crippen LogP contribution in [0.2, 0.25) is 0 Å². The highest BCUT2D eigenvalue weighted by Gasteiger charge is 2.45. The zero-order chi connectivity index (χ0) is 19.3. The third kappa shape index (κ3) is 2.94. The van der Waals surface area contributed by atoms with Crippen molar-refractivity contribution in [3.8, 4) is 17.6 Å². The van der Waals surface area contributed by atoms with E-state index < -0.39 is 21.7 Å². The third-order valence-corrected chi connectivity index (χ3v) is 6.53. The predicted molar refractivity (Wildman–Crippen MR) is 93.3 cm³/mol. The molecule has 8 heteroatoms. The minimum atomic E-state index is -3.85. The van der Waals surface area contributed by atoms with Crippen LogP contribution in [0.15, 0.2) is 35.2 Å². The molecule has 2 aromatic rings. The summed E-state index contributed by atoms with van der Waals surface area (Å²) in [7, 11) is -3.85. The SMILES string of the molecule is Cc1c(Oc2cc(F)cc(C#N)c2)ccc2c1C(=O)N(CC1CC1)S2(=O)=O. The second kappa shape index (κ2) is 6.06. The fourth-order valence-electron chi connectivity index (χ4n) is 3.14. The van der Waals surface area contributed by atoms with E-state index in [0.29, 0.717) is 5.56 Å². The molecular weight excluding hydrogens is 371 g/mol. The standard InChI is InChI=1S/C19H15FN2O4S/c1-11-16(26-15-7-13(9-21)6-14(20)8-15)4-5-17-18(11)19(23)22(27(17,24)25)10-12-2-3-12/h4-8,12H,2-3,10H2,1H3. The summed E-state index contributed by atoms with van der Waals surface area (Å²) in [6.07, 6.45) is 1.84. The van der Waals surface area contributed by atoms with Crippen molar-refractivity contribution >= 4 is 15.9 Å². The first kappa shape index (κ1) is 17.5. The molecule has 0 atom stereocenters. The van der Waals surface area contributed by atoms with Crippen molar-refractivity contribution in [2.75, 3.05) is 6.54 Å². The van der Waals surface area contributed by atoms with Crippen molar-refractivity contribution in [2.24, 2.45) is 5.92 Å². The number of sulfonamides is 1. The molecule has 6 nitrogen and oxygen atoms in total. The van der Waals surface area contributed by atoms with Gasteiger partial charge in [-0.05, 0) is 49.9 Å². The highest BCUT2D eigenvalue weighted by molar-refractivity contribution is 7.90. The van der Waals surface area contributed by atoms with Crippen molar-refractivity contribution < 1.29 is 22.3 Å². The zero-order valence-electron chi connectivity index (χ0n) is 14.4. The summed E-state index contributed by atoms with van der Waals surface area (Å²) >= 11 is 0. The van der Waals surface area contributed by atoms with Crippen LogP contribution in [0.25, 0.3) is 0 Å². The van der Waals surface area contributed by atoms with Crippen molar-refractivity contribution in [3.63, 3.8) is 0 Å². The average Bonchev–Trinajstić information content (AvgIpc) is 3.41. The van der Waals surface area contributed by atoms with E-state index in [9.17, 15) is 17.6 Å². The number of hydrogen-bond donors (Lipinski definition) is 0. The molecule has 1 heterocycles. The van der Waals surface area contributed by atoms with Crippen LogP contribution < -0.4 is 4.74 Å². The number of nitrogens with zero attached hydrogens (tertiary/aromatic N) is 2. The van der Waals surface area contributed by atoms with Gasteiger partial charge in [-0.2, -0.15) is 5.26 Å². The molecule has 1 aliphatic carbocycles. The van der Waals surface area contributed by atoms with Gasteiger partial charge < -0.3 is 4.74 Å². The van der Waals surface area contributed by atoms with E-state index in [4.69, 9.17) is 10.00 Å². The Hall–Kier alpha value is -2.92. The van der Waals surface area contributed by atoms with Gasteiger partial charge in [0.2, 0.25) is 0 Å². The van der Waals surface area contributed by atoms with E-state index in [1.807, 2.05) is 6.07 Å². The molecule has 0 spiro atoms. The van der Waals surface area contributed by atoms with Gasteiger partial charge in [-0.15, -0.1) is 0 Å². The fraction of sp³-hybridized carbons (Fsp3) is 0.263.